The highest BCUT2D eigenvalue weighted by molar-refractivity contribution is 5.88. The van der Waals surface area contributed by atoms with Gasteiger partial charge in [0.05, 0.1) is 5.92 Å². The highest BCUT2D eigenvalue weighted by Gasteiger charge is 2.57. The van der Waals surface area contributed by atoms with Gasteiger partial charge in [-0.25, -0.2) is 0 Å². The maximum atomic E-state index is 12.6. The van der Waals surface area contributed by atoms with Gasteiger partial charge in [-0.3, -0.25) is 9.78 Å². The molecule has 1 aromatic carbocycles. The van der Waals surface area contributed by atoms with Gasteiger partial charge in [0.15, 0.2) is 0 Å². The lowest BCUT2D eigenvalue weighted by molar-refractivity contribution is -0.132. The number of benzene rings is 1. The van der Waals surface area contributed by atoms with Crippen molar-refractivity contribution in [2.24, 2.45) is 11.8 Å². The number of aromatic nitrogens is 1. The first-order valence-electron chi connectivity index (χ1n) is 7.37. The van der Waals surface area contributed by atoms with Crippen LogP contribution in [0.25, 0.3) is 0 Å². The van der Waals surface area contributed by atoms with Crippen LogP contribution in [0, 0.1) is 11.8 Å². The third kappa shape index (κ3) is 2.77. The van der Waals surface area contributed by atoms with Gasteiger partial charge in [0.25, 0.3) is 0 Å². The second-order valence-electron chi connectivity index (χ2n) is 5.70. The summed E-state index contributed by atoms with van der Waals surface area (Å²) in [7, 11) is 1.78. The lowest BCUT2D eigenvalue weighted by atomic mass is 10.2. The smallest absolute Gasteiger partial charge is 0.227 e. The number of rotatable bonds is 5. The van der Waals surface area contributed by atoms with Gasteiger partial charge in [-0.1, -0.05) is 36.4 Å². The second-order valence-corrected chi connectivity index (χ2v) is 5.70. The summed E-state index contributed by atoms with van der Waals surface area (Å²) in [4.78, 5) is 29.8. The summed E-state index contributed by atoms with van der Waals surface area (Å²) in [6.07, 6.45) is 2.59. The van der Waals surface area contributed by atoms with Crippen LogP contribution in [0.4, 0.5) is 0 Å². The van der Waals surface area contributed by atoms with Crippen molar-refractivity contribution in [1.29, 1.82) is 0 Å². The predicted octanol–water partition coefficient (Wildman–Crippen LogP) is 2.27. The Hall–Kier alpha value is -2.49. The molecule has 1 aromatic heterocycles. The van der Waals surface area contributed by atoms with E-state index < -0.39 is 0 Å². The van der Waals surface area contributed by atoms with E-state index in [-0.39, 0.29) is 23.7 Å². The highest BCUT2D eigenvalue weighted by atomic mass is 16.2. The van der Waals surface area contributed by atoms with E-state index in [0.29, 0.717) is 6.54 Å². The Morgan fingerprint density at radius 2 is 1.91 bits per heavy atom. The van der Waals surface area contributed by atoms with Gasteiger partial charge >= 0.3 is 0 Å². The average molecular weight is 294 g/mol. The third-order valence-corrected chi connectivity index (χ3v) is 4.19. The first-order chi connectivity index (χ1) is 10.7. The first-order valence-corrected chi connectivity index (χ1v) is 7.37. The van der Waals surface area contributed by atoms with Gasteiger partial charge in [-0.2, -0.15) is 0 Å². The quantitative estimate of drug-likeness (QED) is 0.795. The molecule has 3 rings (SSSR count). The monoisotopic (exact) mass is 294 g/mol. The number of aldehydes is 1. The number of pyridine rings is 1. The highest BCUT2D eigenvalue weighted by Crippen LogP contribution is 2.52. The minimum absolute atomic E-state index is 0.0107. The van der Waals surface area contributed by atoms with E-state index >= 15 is 0 Å². The number of carbonyl (C=O) groups is 2. The Labute approximate surface area is 129 Å². The Bertz CT molecular complexity index is 657. The number of carbonyl (C=O) groups excluding carboxylic acids is 2. The van der Waals surface area contributed by atoms with Crippen LogP contribution in [-0.2, 0) is 16.1 Å². The zero-order valence-corrected chi connectivity index (χ0v) is 12.4. The summed E-state index contributed by atoms with van der Waals surface area (Å²) in [5.41, 5.74) is 1.90. The molecule has 1 heterocycles. The molecule has 0 aliphatic heterocycles. The molecule has 1 amide bonds. The van der Waals surface area contributed by atoms with Crippen LogP contribution in [0.3, 0.4) is 0 Å². The number of hydrogen-bond donors (Lipinski definition) is 0. The Morgan fingerprint density at radius 1 is 1.18 bits per heavy atom. The standard InChI is InChI=1S/C18H18N2O2/c1-20(11-13-7-3-2-4-8-13)18(22)17-14(12-21)16(17)15-9-5-6-10-19-15/h2-10,12,14,16-17H,11H2,1H3. The summed E-state index contributed by atoms with van der Waals surface area (Å²) in [5, 5.41) is 0. The van der Waals surface area contributed by atoms with E-state index in [0.717, 1.165) is 17.5 Å². The predicted molar refractivity (Wildman–Crippen MR) is 82.9 cm³/mol. The van der Waals surface area contributed by atoms with Crippen LogP contribution in [0.2, 0.25) is 0 Å². The van der Waals surface area contributed by atoms with E-state index in [2.05, 4.69) is 4.98 Å². The van der Waals surface area contributed by atoms with Gasteiger partial charge in [0.2, 0.25) is 5.91 Å². The van der Waals surface area contributed by atoms with Crippen LogP contribution >= 0.6 is 0 Å². The normalized spacial score (nSPS) is 22.9. The summed E-state index contributed by atoms with van der Waals surface area (Å²) in [6, 6.07) is 15.4. The SMILES string of the molecule is CN(Cc1ccccc1)C(=O)C1C(C=O)C1c1ccccn1. The molecule has 0 radical (unpaired) electrons. The Morgan fingerprint density at radius 3 is 2.55 bits per heavy atom. The van der Waals surface area contributed by atoms with Crippen molar-refractivity contribution in [3.63, 3.8) is 0 Å². The summed E-state index contributed by atoms with van der Waals surface area (Å²) < 4.78 is 0. The fourth-order valence-corrected chi connectivity index (χ4v) is 2.97. The van der Waals surface area contributed by atoms with Crippen molar-refractivity contribution in [3.05, 3.63) is 66.0 Å². The van der Waals surface area contributed by atoms with Crippen LogP contribution in [0.15, 0.2) is 54.7 Å². The molecule has 4 nitrogen and oxygen atoms in total. The lowest BCUT2D eigenvalue weighted by Gasteiger charge is -2.17. The lowest BCUT2D eigenvalue weighted by Crippen LogP contribution is -2.28. The average Bonchev–Trinajstić information content (AvgIpc) is 3.30. The van der Waals surface area contributed by atoms with E-state index in [9.17, 15) is 9.59 Å². The van der Waals surface area contributed by atoms with Gasteiger partial charge in [-0.05, 0) is 17.7 Å². The largest absolute Gasteiger partial charge is 0.341 e. The molecule has 0 saturated heterocycles. The number of hydrogen-bond acceptors (Lipinski definition) is 3. The molecule has 1 aliphatic carbocycles. The van der Waals surface area contributed by atoms with Crippen molar-refractivity contribution < 1.29 is 9.59 Å². The third-order valence-electron chi connectivity index (χ3n) is 4.19. The topological polar surface area (TPSA) is 50.3 Å². The molecule has 0 N–H and O–H groups in total. The maximum absolute atomic E-state index is 12.6. The summed E-state index contributed by atoms with van der Waals surface area (Å²) >= 11 is 0. The molecule has 1 fully saturated rings. The molecule has 1 aliphatic rings. The zero-order chi connectivity index (χ0) is 15.5. The molecule has 1 saturated carbocycles. The summed E-state index contributed by atoms with van der Waals surface area (Å²) in [5.74, 6) is -0.595. The van der Waals surface area contributed by atoms with Gasteiger partial charge < -0.3 is 9.69 Å². The number of nitrogens with zero attached hydrogens (tertiary/aromatic N) is 2. The molecule has 112 valence electrons. The van der Waals surface area contributed by atoms with Crippen LogP contribution in [-0.4, -0.2) is 29.1 Å². The van der Waals surface area contributed by atoms with Gasteiger partial charge in [0.1, 0.15) is 6.29 Å². The fraction of sp³-hybridized carbons (Fsp3) is 0.278. The van der Waals surface area contributed by atoms with Gasteiger partial charge in [-0.15, -0.1) is 0 Å². The molecule has 0 spiro atoms. The maximum Gasteiger partial charge on any atom is 0.227 e. The molecule has 2 aromatic rings. The molecule has 3 atom stereocenters. The van der Waals surface area contributed by atoms with Crippen molar-refractivity contribution in [2.45, 2.75) is 12.5 Å². The van der Waals surface area contributed by atoms with E-state index in [4.69, 9.17) is 0 Å². The zero-order valence-electron chi connectivity index (χ0n) is 12.4. The van der Waals surface area contributed by atoms with Gasteiger partial charge in [0, 0.05) is 37.3 Å². The molecule has 22 heavy (non-hydrogen) atoms. The number of amides is 1. The van der Waals surface area contributed by atoms with Crippen LogP contribution in [0.1, 0.15) is 17.2 Å². The van der Waals surface area contributed by atoms with Crippen molar-refractivity contribution in [2.75, 3.05) is 7.05 Å². The Balaban J connectivity index is 1.70. The fourth-order valence-electron chi connectivity index (χ4n) is 2.97. The van der Waals surface area contributed by atoms with Crippen molar-refractivity contribution in [1.82, 2.24) is 9.88 Å². The van der Waals surface area contributed by atoms with Crippen molar-refractivity contribution >= 4 is 12.2 Å². The van der Waals surface area contributed by atoms with Crippen molar-refractivity contribution in [3.8, 4) is 0 Å². The molecular weight excluding hydrogens is 276 g/mol. The minimum atomic E-state index is -0.277. The second kappa shape index (κ2) is 6.10. The van der Waals surface area contributed by atoms with E-state index in [1.807, 2.05) is 48.5 Å². The van der Waals surface area contributed by atoms with E-state index in [1.165, 1.54) is 0 Å². The summed E-state index contributed by atoms with van der Waals surface area (Å²) in [6.45, 7) is 0.552. The van der Waals surface area contributed by atoms with Crippen LogP contribution in [0.5, 0.6) is 0 Å². The molecule has 4 heteroatoms. The molecule has 0 bridgehead atoms. The van der Waals surface area contributed by atoms with E-state index in [1.54, 1.807) is 18.1 Å². The Kier molecular flexibility index (Phi) is 4.00. The first kappa shape index (κ1) is 14.4. The molecule has 3 unspecified atom stereocenters. The van der Waals surface area contributed by atoms with Crippen LogP contribution < -0.4 is 0 Å². The molecular formula is C18H18N2O2. The minimum Gasteiger partial charge on any atom is -0.341 e.